The Hall–Kier alpha value is -2.75. The lowest BCUT2D eigenvalue weighted by Gasteiger charge is -2.02. The summed E-state index contributed by atoms with van der Waals surface area (Å²) in [6.07, 6.45) is 5.08. The molecule has 0 aliphatic heterocycles. The lowest BCUT2D eigenvalue weighted by molar-refractivity contribution is -0.137. The topological polar surface area (TPSA) is 78.3 Å². The molecule has 0 unspecified atom stereocenters. The minimum atomic E-state index is -0.387. The van der Waals surface area contributed by atoms with Gasteiger partial charge in [-0.2, -0.15) is 0 Å². The molecule has 0 saturated heterocycles. The van der Waals surface area contributed by atoms with Crippen LogP contribution in [-0.2, 0) is 9.53 Å². The van der Waals surface area contributed by atoms with Crippen molar-refractivity contribution >= 4 is 23.4 Å². The summed E-state index contributed by atoms with van der Waals surface area (Å²) in [5, 5.41) is 0. The van der Waals surface area contributed by atoms with Crippen LogP contribution in [0.1, 0.15) is 11.1 Å². The van der Waals surface area contributed by atoms with Gasteiger partial charge in [-0.1, -0.05) is 30.3 Å². The molecule has 4 N–H and O–H groups in total. The average Bonchev–Trinajstić information content (AvgIpc) is 2.48. The first-order chi connectivity index (χ1) is 10.1. The van der Waals surface area contributed by atoms with Gasteiger partial charge in [0.25, 0.3) is 0 Å². The van der Waals surface area contributed by atoms with Crippen molar-refractivity contribution in [1.82, 2.24) is 0 Å². The van der Waals surface area contributed by atoms with Crippen molar-refractivity contribution in [1.29, 1.82) is 0 Å². The van der Waals surface area contributed by atoms with Crippen LogP contribution in [-0.4, -0.2) is 12.6 Å². The van der Waals surface area contributed by atoms with E-state index in [0.717, 1.165) is 16.8 Å². The van der Waals surface area contributed by atoms with E-state index in [-0.39, 0.29) is 12.6 Å². The van der Waals surface area contributed by atoms with Gasteiger partial charge in [-0.25, -0.2) is 0 Å². The molecule has 2 rings (SSSR count). The lowest BCUT2D eigenvalue weighted by atomic mass is 10.1. The fraction of sp³-hybridized carbons (Fsp3) is 0.0588. The van der Waals surface area contributed by atoms with Crippen molar-refractivity contribution in [2.24, 2.45) is 0 Å². The third-order valence-corrected chi connectivity index (χ3v) is 2.79. The standard InChI is InChI=1S/C17H17N2O2/c18-15-7-3-13(4-8-15)2-1-11-21-17(20)12-14-5-9-16(19)10-6-14/h1-10,12H,11,18-19H2. The first-order valence-electron chi connectivity index (χ1n) is 6.52. The number of benzene rings is 2. The summed E-state index contributed by atoms with van der Waals surface area (Å²) in [7, 11) is 0. The molecule has 2 aromatic rings. The molecule has 0 atom stereocenters. The number of carbonyl (C=O) groups is 1. The Morgan fingerprint density at radius 1 is 0.905 bits per heavy atom. The SMILES string of the molecule is Nc1ccc([CH]C(=O)OCC=Cc2ccc(N)cc2)cc1. The molecule has 0 aliphatic rings. The van der Waals surface area contributed by atoms with E-state index in [9.17, 15) is 4.79 Å². The van der Waals surface area contributed by atoms with Crippen molar-refractivity contribution in [3.05, 3.63) is 72.2 Å². The highest BCUT2D eigenvalue weighted by Gasteiger charge is 2.04. The molecule has 1 radical (unpaired) electrons. The fourth-order valence-electron chi connectivity index (χ4n) is 1.69. The van der Waals surface area contributed by atoms with Gasteiger partial charge in [-0.05, 0) is 41.5 Å². The third kappa shape index (κ3) is 5.03. The maximum atomic E-state index is 11.6. The van der Waals surface area contributed by atoms with Gasteiger partial charge in [0.05, 0.1) is 6.42 Å². The summed E-state index contributed by atoms with van der Waals surface area (Å²) in [4.78, 5) is 11.6. The van der Waals surface area contributed by atoms with E-state index in [1.165, 1.54) is 6.42 Å². The number of carbonyl (C=O) groups excluding carboxylic acids is 1. The van der Waals surface area contributed by atoms with E-state index in [0.29, 0.717) is 5.69 Å². The molecule has 0 amide bonds. The normalized spacial score (nSPS) is 10.7. The summed E-state index contributed by atoms with van der Waals surface area (Å²) in [5.41, 5.74) is 14.3. The summed E-state index contributed by atoms with van der Waals surface area (Å²) < 4.78 is 5.08. The van der Waals surface area contributed by atoms with Gasteiger partial charge in [-0.15, -0.1) is 0 Å². The molecule has 0 bridgehead atoms. The summed E-state index contributed by atoms with van der Waals surface area (Å²) in [6.45, 7) is 0.217. The van der Waals surface area contributed by atoms with Crippen LogP contribution in [0.25, 0.3) is 6.08 Å². The van der Waals surface area contributed by atoms with Gasteiger partial charge in [0.1, 0.15) is 6.61 Å². The Balaban J connectivity index is 1.76. The van der Waals surface area contributed by atoms with Gasteiger partial charge in [-0.3, -0.25) is 4.79 Å². The predicted octanol–water partition coefficient (Wildman–Crippen LogP) is 2.66. The lowest BCUT2D eigenvalue weighted by Crippen LogP contribution is -2.05. The highest BCUT2D eigenvalue weighted by molar-refractivity contribution is 5.83. The van der Waals surface area contributed by atoms with Crippen LogP contribution >= 0.6 is 0 Å². The van der Waals surface area contributed by atoms with Crippen LogP contribution in [0.3, 0.4) is 0 Å². The first-order valence-corrected chi connectivity index (χ1v) is 6.52. The van der Waals surface area contributed by atoms with Gasteiger partial charge < -0.3 is 16.2 Å². The molecule has 4 nitrogen and oxygen atoms in total. The molecule has 0 fully saturated rings. The summed E-state index contributed by atoms with van der Waals surface area (Å²) >= 11 is 0. The zero-order valence-electron chi connectivity index (χ0n) is 11.5. The molecule has 0 spiro atoms. The smallest absolute Gasteiger partial charge is 0.314 e. The van der Waals surface area contributed by atoms with Crippen LogP contribution in [0, 0.1) is 6.42 Å². The van der Waals surface area contributed by atoms with E-state index < -0.39 is 0 Å². The van der Waals surface area contributed by atoms with Crippen LogP contribution in [0.15, 0.2) is 54.6 Å². The van der Waals surface area contributed by atoms with Crippen LogP contribution in [0.2, 0.25) is 0 Å². The maximum Gasteiger partial charge on any atom is 0.314 e. The molecule has 21 heavy (non-hydrogen) atoms. The van der Waals surface area contributed by atoms with Crippen molar-refractivity contribution in [2.45, 2.75) is 0 Å². The number of nitrogen functional groups attached to an aromatic ring is 2. The summed E-state index contributed by atoms with van der Waals surface area (Å²) in [6, 6.07) is 14.4. The third-order valence-electron chi connectivity index (χ3n) is 2.79. The minimum Gasteiger partial charge on any atom is -0.461 e. The van der Waals surface area contributed by atoms with Crippen molar-refractivity contribution in [3.63, 3.8) is 0 Å². The van der Waals surface area contributed by atoms with Gasteiger partial charge in [0, 0.05) is 11.4 Å². The molecule has 4 heteroatoms. The molecule has 107 valence electrons. The van der Waals surface area contributed by atoms with Gasteiger partial charge in [0.15, 0.2) is 0 Å². The molecular formula is C17H17N2O2. The van der Waals surface area contributed by atoms with Gasteiger partial charge >= 0.3 is 5.97 Å². The van der Waals surface area contributed by atoms with Gasteiger partial charge in [0.2, 0.25) is 0 Å². The molecule has 0 aliphatic carbocycles. The highest BCUT2D eigenvalue weighted by Crippen LogP contribution is 2.09. The molecule has 0 aromatic heterocycles. The number of nitrogens with two attached hydrogens (primary N) is 2. The second-order valence-electron chi connectivity index (χ2n) is 4.51. The maximum absolute atomic E-state index is 11.6. The summed E-state index contributed by atoms with van der Waals surface area (Å²) in [5.74, 6) is -0.387. The Morgan fingerprint density at radius 2 is 1.43 bits per heavy atom. The fourth-order valence-corrected chi connectivity index (χ4v) is 1.69. The number of anilines is 2. The highest BCUT2D eigenvalue weighted by atomic mass is 16.5. The number of hydrogen-bond acceptors (Lipinski definition) is 4. The largest absolute Gasteiger partial charge is 0.461 e. The van der Waals surface area contributed by atoms with Crippen molar-refractivity contribution < 1.29 is 9.53 Å². The van der Waals surface area contributed by atoms with E-state index in [1.807, 2.05) is 30.3 Å². The Morgan fingerprint density at radius 3 is 2.00 bits per heavy atom. The number of esters is 1. The average molecular weight is 281 g/mol. The second-order valence-corrected chi connectivity index (χ2v) is 4.51. The van der Waals surface area contributed by atoms with E-state index in [1.54, 1.807) is 30.3 Å². The van der Waals surface area contributed by atoms with E-state index in [2.05, 4.69) is 0 Å². The molecule has 0 heterocycles. The van der Waals surface area contributed by atoms with E-state index in [4.69, 9.17) is 16.2 Å². The number of ether oxygens (including phenoxy) is 1. The Bertz CT molecular complexity index is 616. The molecular weight excluding hydrogens is 264 g/mol. The van der Waals surface area contributed by atoms with Crippen molar-refractivity contribution in [3.8, 4) is 0 Å². The van der Waals surface area contributed by atoms with Crippen LogP contribution < -0.4 is 11.5 Å². The first kappa shape index (κ1) is 14.7. The minimum absolute atomic E-state index is 0.217. The Labute approximate surface area is 124 Å². The predicted molar refractivity (Wildman–Crippen MR) is 85.1 cm³/mol. The van der Waals surface area contributed by atoms with Crippen LogP contribution in [0.5, 0.6) is 0 Å². The number of rotatable bonds is 5. The second kappa shape index (κ2) is 7.14. The number of hydrogen-bond donors (Lipinski definition) is 2. The monoisotopic (exact) mass is 281 g/mol. The van der Waals surface area contributed by atoms with E-state index >= 15 is 0 Å². The van der Waals surface area contributed by atoms with Crippen molar-refractivity contribution in [2.75, 3.05) is 18.1 Å². The zero-order valence-corrected chi connectivity index (χ0v) is 11.5. The Kier molecular flexibility index (Phi) is 4.99. The molecule has 2 aromatic carbocycles. The quantitative estimate of drug-likeness (QED) is 0.652. The zero-order chi connectivity index (χ0) is 15.1. The molecule has 0 saturated carbocycles. The van der Waals surface area contributed by atoms with Crippen LogP contribution in [0.4, 0.5) is 11.4 Å².